The zero-order valence-corrected chi connectivity index (χ0v) is 21.2. The van der Waals surface area contributed by atoms with Crippen LogP contribution in [-0.4, -0.2) is 32.1 Å². The summed E-state index contributed by atoms with van der Waals surface area (Å²) >= 11 is 0. The summed E-state index contributed by atoms with van der Waals surface area (Å²) in [6, 6.07) is 6.80. The molecule has 6 rings (SSSR count). The van der Waals surface area contributed by atoms with E-state index in [1.165, 1.54) is 22.0 Å². The molecule has 0 radical (unpaired) electrons. The number of carbonyl (C=O) groups is 1. The Balaban J connectivity index is 1.74. The number of benzene rings is 2. The lowest BCUT2D eigenvalue weighted by Crippen LogP contribution is -2.15. The maximum absolute atomic E-state index is 13.2. The quantitative estimate of drug-likeness (QED) is 0.327. The largest absolute Gasteiger partial charge is 0.393 e. The van der Waals surface area contributed by atoms with Gasteiger partial charge in [0.2, 0.25) is 0 Å². The predicted octanol–water partition coefficient (Wildman–Crippen LogP) is 5.27. The zero-order valence-electron chi connectivity index (χ0n) is 21.2. The van der Waals surface area contributed by atoms with Gasteiger partial charge in [-0.05, 0) is 76.3 Å². The van der Waals surface area contributed by atoms with E-state index in [9.17, 15) is 4.79 Å². The second-order valence-electron chi connectivity index (χ2n) is 10.3. The normalized spacial score (nSPS) is 15.2. The van der Waals surface area contributed by atoms with Crippen LogP contribution in [0, 0.1) is 0 Å². The first-order chi connectivity index (χ1) is 16.8. The van der Waals surface area contributed by atoms with Gasteiger partial charge in [0.25, 0.3) is 5.91 Å². The summed E-state index contributed by atoms with van der Waals surface area (Å²) < 4.78 is 4.32. The molecule has 35 heavy (non-hydrogen) atoms. The van der Waals surface area contributed by atoms with Crippen molar-refractivity contribution in [2.75, 3.05) is 0 Å². The summed E-state index contributed by atoms with van der Waals surface area (Å²) in [6.45, 7) is 10.9. The highest BCUT2D eigenvalue weighted by Gasteiger charge is 2.35. The van der Waals surface area contributed by atoms with Crippen molar-refractivity contribution in [3.05, 3.63) is 52.3 Å². The van der Waals surface area contributed by atoms with E-state index in [4.69, 9.17) is 9.94 Å². The number of nitrogens with one attached hydrogen (secondary N) is 1. The Kier molecular flexibility index (Phi) is 4.82. The van der Waals surface area contributed by atoms with Gasteiger partial charge in [0, 0.05) is 53.2 Å². The van der Waals surface area contributed by atoms with Gasteiger partial charge >= 0.3 is 0 Å². The third-order valence-corrected chi connectivity index (χ3v) is 7.22. The number of aryl methyl sites for hydroxylation is 3. The van der Waals surface area contributed by atoms with E-state index in [1.54, 1.807) is 0 Å². The minimum atomic E-state index is 0.0135. The molecular weight excluding hydrogens is 438 g/mol. The summed E-state index contributed by atoms with van der Waals surface area (Å²) in [5.74, 6) is 0.0135. The molecule has 0 saturated heterocycles. The molecule has 1 amide bonds. The number of amides is 1. The Labute approximate surface area is 204 Å². The van der Waals surface area contributed by atoms with Crippen molar-refractivity contribution >= 4 is 33.4 Å². The van der Waals surface area contributed by atoms with Gasteiger partial charge in [-0.3, -0.25) is 9.48 Å². The lowest BCUT2D eigenvalue weighted by Gasteiger charge is -2.22. The van der Waals surface area contributed by atoms with E-state index in [2.05, 4.69) is 53.3 Å². The maximum atomic E-state index is 13.2. The molecule has 180 valence electrons. The van der Waals surface area contributed by atoms with Crippen LogP contribution < -0.4 is 5.32 Å². The highest BCUT2D eigenvalue weighted by molar-refractivity contribution is 6.20. The predicted molar refractivity (Wildman–Crippen MR) is 139 cm³/mol. The molecule has 2 aliphatic rings. The molecule has 0 saturated carbocycles. The molecule has 0 fully saturated rings. The second kappa shape index (κ2) is 7.70. The minimum absolute atomic E-state index is 0.0135. The van der Waals surface area contributed by atoms with Gasteiger partial charge in [0.1, 0.15) is 6.10 Å². The molecule has 0 bridgehead atoms. The fourth-order valence-corrected chi connectivity index (χ4v) is 5.86. The number of carbonyl (C=O) groups excluding carboxylic acids is 1. The highest BCUT2D eigenvalue weighted by Crippen LogP contribution is 2.47. The van der Waals surface area contributed by atoms with Crippen molar-refractivity contribution in [3.63, 3.8) is 0 Å². The first-order valence-corrected chi connectivity index (χ1v) is 12.4. The van der Waals surface area contributed by atoms with E-state index in [0.717, 1.165) is 57.5 Å². The van der Waals surface area contributed by atoms with Gasteiger partial charge in [-0.15, -0.1) is 0 Å². The van der Waals surface area contributed by atoms with Gasteiger partial charge < -0.3 is 14.7 Å². The highest BCUT2D eigenvalue weighted by atomic mass is 16.6. The zero-order chi connectivity index (χ0) is 24.6. The number of oxime groups is 1. The minimum Gasteiger partial charge on any atom is -0.393 e. The molecule has 0 spiro atoms. The summed E-state index contributed by atoms with van der Waals surface area (Å²) in [5.41, 5.74) is 10.7. The fraction of sp³-hybridized carbons (Fsp3) is 0.393. The standard InChI is InChI=1S/C28H31N5O2/c1-14(2)33-23-10-7-17(16(5)31-35-15(3)4)11-19(23)25-20-12-29-28(34)26(20)24-18(27(25)33)8-9-22-21(24)13-32(6)30-22/h7,10-11,13-15H,8-9,12H2,1-6H3,(H,29,34)/b31-16+. The van der Waals surface area contributed by atoms with Gasteiger partial charge in [-0.1, -0.05) is 11.2 Å². The summed E-state index contributed by atoms with van der Waals surface area (Å²) in [7, 11) is 1.95. The second-order valence-corrected chi connectivity index (χ2v) is 10.3. The first kappa shape index (κ1) is 21.9. The third-order valence-electron chi connectivity index (χ3n) is 7.22. The van der Waals surface area contributed by atoms with Crippen LogP contribution in [0.5, 0.6) is 0 Å². The fourth-order valence-electron chi connectivity index (χ4n) is 5.86. The number of nitrogens with zero attached hydrogens (tertiary/aromatic N) is 4. The summed E-state index contributed by atoms with van der Waals surface area (Å²) in [4.78, 5) is 18.7. The van der Waals surface area contributed by atoms with Crippen molar-refractivity contribution < 1.29 is 9.63 Å². The molecule has 0 atom stereocenters. The number of hydrogen-bond donors (Lipinski definition) is 1. The molecule has 1 N–H and O–H groups in total. The number of hydrogen-bond acceptors (Lipinski definition) is 4. The molecule has 3 heterocycles. The average molecular weight is 470 g/mol. The lowest BCUT2D eigenvalue weighted by atomic mass is 9.82. The molecule has 2 aromatic carbocycles. The SMILES string of the molecule is C/C(=N\OC(C)C)c1ccc2c(c1)c1c3c(c4c(c1n2C(C)C)CCc1nn(C)cc1-4)C(=O)NC3. The van der Waals surface area contributed by atoms with Gasteiger partial charge in [0.05, 0.1) is 22.5 Å². The summed E-state index contributed by atoms with van der Waals surface area (Å²) in [6.07, 6.45) is 3.84. The van der Waals surface area contributed by atoms with Gasteiger partial charge in [-0.2, -0.15) is 5.10 Å². The van der Waals surface area contributed by atoms with E-state index in [1.807, 2.05) is 32.5 Å². The van der Waals surface area contributed by atoms with E-state index in [0.29, 0.717) is 6.54 Å². The monoisotopic (exact) mass is 469 g/mol. The topological polar surface area (TPSA) is 73.4 Å². The molecule has 1 aliphatic heterocycles. The molecular formula is C28H31N5O2. The van der Waals surface area contributed by atoms with Gasteiger partial charge in [0.15, 0.2) is 0 Å². The van der Waals surface area contributed by atoms with Crippen molar-refractivity contribution in [3.8, 4) is 11.1 Å². The lowest BCUT2D eigenvalue weighted by molar-refractivity contribution is 0.0860. The van der Waals surface area contributed by atoms with Crippen LogP contribution in [0.15, 0.2) is 29.6 Å². The van der Waals surface area contributed by atoms with Crippen LogP contribution in [0.3, 0.4) is 0 Å². The molecule has 0 unspecified atom stereocenters. The number of rotatable bonds is 4. The third kappa shape index (κ3) is 3.14. The van der Waals surface area contributed by atoms with E-state index >= 15 is 0 Å². The van der Waals surface area contributed by atoms with E-state index in [-0.39, 0.29) is 18.1 Å². The van der Waals surface area contributed by atoms with Gasteiger partial charge in [-0.25, -0.2) is 0 Å². The molecule has 1 aliphatic carbocycles. The molecule has 7 nitrogen and oxygen atoms in total. The van der Waals surface area contributed by atoms with Crippen LogP contribution >= 0.6 is 0 Å². The number of fused-ring (bicyclic) bond motifs is 10. The molecule has 4 aromatic rings. The Hall–Kier alpha value is -3.61. The van der Waals surface area contributed by atoms with Crippen LogP contribution in [0.2, 0.25) is 0 Å². The Morgan fingerprint density at radius 3 is 2.69 bits per heavy atom. The Morgan fingerprint density at radius 2 is 1.94 bits per heavy atom. The smallest absolute Gasteiger partial charge is 0.252 e. The Bertz CT molecular complexity index is 1570. The number of aromatic nitrogens is 3. The van der Waals surface area contributed by atoms with Crippen molar-refractivity contribution in [1.82, 2.24) is 19.7 Å². The van der Waals surface area contributed by atoms with Crippen LogP contribution in [-0.2, 0) is 31.3 Å². The van der Waals surface area contributed by atoms with Crippen LogP contribution in [0.1, 0.15) is 73.4 Å². The maximum Gasteiger partial charge on any atom is 0.252 e. The van der Waals surface area contributed by atoms with E-state index < -0.39 is 0 Å². The Morgan fingerprint density at radius 1 is 1.14 bits per heavy atom. The van der Waals surface area contributed by atoms with Crippen molar-refractivity contribution in [2.45, 2.75) is 66.2 Å². The van der Waals surface area contributed by atoms with Crippen molar-refractivity contribution in [2.24, 2.45) is 12.2 Å². The summed E-state index contributed by atoms with van der Waals surface area (Å²) in [5, 5.41) is 14.5. The first-order valence-electron chi connectivity index (χ1n) is 12.4. The van der Waals surface area contributed by atoms with Crippen molar-refractivity contribution in [1.29, 1.82) is 0 Å². The molecule has 2 aromatic heterocycles. The van der Waals surface area contributed by atoms with Crippen LogP contribution in [0.4, 0.5) is 0 Å². The molecule has 7 heteroatoms. The van der Waals surface area contributed by atoms with Crippen LogP contribution in [0.25, 0.3) is 32.9 Å². The average Bonchev–Trinajstić information content (AvgIpc) is 3.49.